The van der Waals surface area contributed by atoms with Crippen molar-refractivity contribution < 1.29 is 18.0 Å². The molecule has 2 amide bonds. The van der Waals surface area contributed by atoms with Gasteiger partial charge in [-0.05, 0) is 87.7 Å². The summed E-state index contributed by atoms with van der Waals surface area (Å²) in [6.07, 6.45) is 0.253. The molecule has 0 aromatic heterocycles. The van der Waals surface area contributed by atoms with Gasteiger partial charge in [0.2, 0.25) is 11.8 Å². The van der Waals surface area contributed by atoms with Crippen LogP contribution in [0.3, 0.4) is 0 Å². The fraction of sp³-hybridized carbons (Fsp3) is 0.278. The monoisotopic (exact) mass is 689 g/mol. The van der Waals surface area contributed by atoms with Crippen LogP contribution in [0.5, 0.6) is 0 Å². The Morgan fingerprint density at radius 1 is 0.822 bits per heavy atom. The SMILES string of the molecule is Cc1ccc(S(=O)(=O)N(CC(=O)N(Cc2ccccc2C)[C@H](Cc2ccccc2)C(=O)NC(C)(C)C)c2ccc(Br)cc2)cc1. The van der Waals surface area contributed by atoms with Gasteiger partial charge in [0, 0.05) is 23.0 Å². The predicted molar refractivity (Wildman–Crippen MR) is 183 cm³/mol. The number of halogens is 1. The van der Waals surface area contributed by atoms with E-state index in [9.17, 15) is 18.0 Å². The van der Waals surface area contributed by atoms with Crippen molar-refractivity contribution in [1.82, 2.24) is 10.2 Å². The van der Waals surface area contributed by atoms with Gasteiger partial charge in [-0.1, -0.05) is 88.2 Å². The molecule has 4 aromatic carbocycles. The van der Waals surface area contributed by atoms with Gasteiger partial charge in [0.1, 0.15) is 12.6 Å². The number of hydrogen-bond donors (Lipinski definition) is 1. The molecule has 1 atom stereocenters. The molecule has 0 aliphatic carbocycles. The molecule has 0 spiro atoms. The van der Waals surface area contributed by atoms with Crippen LogP contribution in [0.15, 0.2) is 112 Å². The first-order valence-corrected chi connectivity index (χ1v) is 17.0. The van der Waals surface area contributed by atoms with E-state index in [1.165, 1.54) is 4.90 Å². The van der Waals surface area contributed by atoms with Gasteiger partial charge >= 0.3 is 0 Å². The number of nitrogens with zero attached hydrogens (tertiary/aromatic N) is 2. The first-order valence-electron chi connectivity index (χ1n) is 14.8. The summed E-state index contributed by atoms with van der Waals surface area (Å²) in [5, 5.41) is 3.06. The lowest BCUT2D eigenvalue weighted by Crippen LogP contribution is -2.56. The summed E-state index contributed by atoms with van der Waals surface area (Å²) in [6, 6.07) is 29.6. The highest BCUT2D eigenvalue weighted by Crippen LogP contribution is 2.27. The largest absolute Gasteiger partial charge is 0.350 e. The standard InChI is InChI=1S/C36H40BrN3O4S/c1-26-15-21-32(22-16-26)45(43,44)40(31-19-17-30(37)18-20-31)25-34(41)39(24-29-14-10-9-11-27(29)2)33(35(42)38-36(3,4)5)23-28-12-7-6-8-13-28/h6-22,33H,23-25H2,1-5H3,(H,38,42)/t33-/m1/s1. The van der Waals surface area contributed by atoms with Gasteiger partial charge in [0.15, 0.2) is 0 Å². The number of rotatable bonds is 11. The summed E-state index contributed by atoms with van der Waals surface area (Å²) in [4.78, 5) is 30.2. The molecule has 45 heavy (non-hydrogen) atoms. The van der Waals surface area contributed by atoms with Crippen molar-refractivity contribution in [3.63, 3.8) is 0 Å². The molecule has 1 N–H and O–H groups in total. The molecule has 236 valence electrons. The van der Waals surface area contributed by atoms with Crippen LogP contribution < -0.4 is 9.62 Å². The first-order chi connectivity index (χ1) is 21.2. The zero-order chi connectivity index (χ0) is 32.8. The van der Waals surface area contributed by atoms with Crippen LogP contribution in [0, 0.1) is 13.8 Å². The van der Waals surface area contributed by atoms with E-state index in [1.807, 2.05) is 89.2 Å². The number of sulfonamides is 1. The number of aryl methyl sites for hydroxylation is 2. The Morgan fingerprint density at radius 2 is 1.42 bits per heavy atom. The number of amides is 2. The number of hydrogen-bond acceptors (Lipinski definition) is 4. The molecule has 4 aromatic rings. The van der Waals surface area contributed by atoms with Crippen molar-refractivity contribution in [2.45, 2.75) is 64.1 Å². The zero-order valence-corrected chi connectivity index (χ0v) is 28.7. The molecule has 0 saturated carbocycles. The van der Waals surface area contributed by atoms with Crippen LogP contribution in [-0.4, -0.2) is 43.3 Å². The molecule has 0 saturated heterocycles. The highest BCUT2D eigenvalue weighted by Gasteiger charge is 2.35. The number of anilines is 1. The van der Waals surface area contributed by atoms with Crippen molar-refractivity contribution in [2.24, 2.45) is 0 Å². The van der Waals surface area contributed by atoms with E-state index in [0.29, 0.717) is 5.69 Å². The highest BCUT2D eigenvalue weighted by molar-refractivity contribution is 9.10. The Hall–Kier alpha value is -3.95. The Balaban J connectivity index is 1.82. The fourth-order valence-corrected chi connectivity index (χ4v) is 6.63. The quantitative estimate of drug-likeness (QED) is 0.187. The van der Waals surface area contributed by atoms with E-state index in [-0.39, 0.29) is 23.8 Å². The predicted octanol–water partition coefficient (Wildman–Crippen LogP) is 6.82. The molecule has 0 aliphatic rings. The van der Waals surface area contributed by atoms with E-state index in [0.717, 1.165) is 31.0 Å². The van der Waals surface area contributed by atoms with Crippen LogP contribution in [0.25, 0.3) is 0 Å². The molecular formula is C36H40BrN3O4S. The summed E-state index contributed by atoms with van der Waals surface area (Å²) in [7, 11) is -4.16. The maximum absolute atomic E-state index is 14.6. The molecule has 4 rings (SSSR count). The van der Waals surface area contributed by atoms with Gasteiger partial charge in [0.05, 0.1) is 10.6 Å². The molecule has 0 aliphatic heterocycles. The van der Waals surface area contributed by atoms with Crippen LogP contribution in [0.4, 0.5) is 5.69 Å². The van der Waals surface area contributed by atoms with Gasteiger partial charge in [-0.3, -0.25) is 13.9 Å². The average molecular weight is 691 g/mol. The Morgan fingerprint density at radius 3 is 2.02 bits per heavy atom. The molecule has 0 bridgehead atoms. The third-order valence-electron chi connectivity index (χ3n) is 7.37. The lowest BCUT2D eigenvalue weighted by Gasteiger charge is -2.35. The second kappa shape index (κ2) is 14.4. The maximum atomic E-state index is 14.6. The van der Waals surface area contributed by atoms with Crippen molar-refractivity contribution in [3.8, 4) is 0 Å². The van der Waals surface area contributed by atoms with Crippen molar-refractivity contribution >= 4 is 43.5 Å². The normalized spacial score (nSPS) is 12.3. The second-order valence-corrected chi connectivity index (χ2v) is 15.0. The number of carbonyl (C=O) groups is 2. The summed E-state index contributed by atoms with van der Waals surface area (Å²) < 4.78 is 30.2. The van der Waals surface area contributed by atoms with Crippen LogP contribution >= 0.6 is 15.9 Å². The fourth-order valence-electron chi connectivity index (χ4n) is 4.95. The molecule has 0 radical (unpaired) electrons. The average Bonchev–Trinajstić information content (AvgIpc) is 2.99. The second-order valence-electron chi connectivity index (χ2n) is 12.2. The first kappa shape index (κ1) is 33.9. The van der Waals surface area contributed by atoms with E-state index in [1.54, 1.807) is 48.5 Å². The third-order valence-corrected chi connectivity index (χ3v) is 9.69. The Bertz CT molecular complexity index is 1720. The Kier molecular flexibility index (Phi) is 10.9. The van der Waals surface area contributed by atoms with Crippen molar-refractivity contribution in [2.75, 3.05) is 10.8 Å². The highest BCUT2D eigenvalue weighted by atomic mass is 79.9. The molecule has 0 unspecified atom stereocenters. The van der Waals surface area contributed by atoms with Crippen LogP contribution in [0.2, 0.25) is 0 Å². The van der Waals surface area contributed by atoms with Gasteiger partial charge in [0.25, 0.3) is 10.0 Å². The van der Waals surface area contributed by atoms with E-state index < -0.39 is 34.1 Å². The van der Waals surface area contributed by atoms with E-state index >= 15 is 0 Å². The molecular weight excluding hydrogens is 650 g/mol. The minimum absolute atomic E-state index is 0.0700. The smallest absolute Gasteiger partial charge is 0.264 e. The zero-order valence-electron chi connectivity index (χ0n) is 26.3. The third kappa shape index (κ3) is 9.05. The summed E-state index contributed by atoms with van der Waals surface area (Å²) in [5.41, 5.74) is 3.40. The maximum Gasteiger partial charge on any atom is 0.264 e. The lowest BCUT2D eigenvalue weighted by molar-refractivity contribution is -0.140. The summed E-state index contributed by atoms with van der Waals surface area (Å²) in [6.45, 7) is 9.13. The van der Waals surface area contributed by atoms with Crippen LogP contribution in [-0.2, 0) is 32.6 Å². The minimum Gasteiger partial charge on any atom is -0.350 e. The minimum atomic E-state index is -4.16. The molecule has 0 heterocycles. The lowest BCUT2D eigenvalue weighted by atomic mass is 10.00. The summed E-state index contributed by atoms with van der Waals surface area (Å²) in [5.74, 6) is -0.813. The van der Waals surface area contributed by atoms with E-state index in [4.69, 9.17) is 0 Å². The number of carbonyl (C=O) groups excluding carboxylic acids is 2. The number of nitrogens with one attached hydrogen (secondary N) is 1. The van der Waals surface area contributed by atoms with Gasteiger partial charge in [-0.2, -0.15) is 0 Å². The summed E-state index contributed by atoms with van der Waals surface area (Å²) >= 11 is 3.42. The Labute approximate surface area is 275 Å². The molecule has 9 heteroatoms. The topological polar surface area (TPSA) is 86.8 Å². The van der Waals surface area contributed by atoms with Gasteiger partial charge in [-0.15, -0.1) is 0 Å². The van der Waals surface area contributed by atoms with Gasteiger partial charge < -0.3 is 10.2 Å². The van der Waals surface area contributed by atoms with E-state index in [2.05, 4.69) is 21.2 Å². The molecule has 0 fully saturated rings. The number of benzene rings is 4. The van der Waals surface area contributed by atoms with Crippen molar-refractivity contribution in [3.05, 3.63) is 130 Å². The van der Waals surface area contributed by atoms with Crippen molar-refractivity contribution in [1.29, 1.82) is 0 Å². The van der Waals surface area contributed by atoms with Crippen LogP contribution in [0.1, 0.15) is 43.0 Å². The van der Waals surface area contributed by atoms with Gasteiger partial charge in [-0.25, -0.2) is 8.42 Å². The molecule has 7 nitrogen and oxygen atoms in total.